The van der Waals surface area contributed by atoms with Crippen LogP contribution < -0.4 is 0 Å². The lowest BCUT2D eigenvalue weighted by molar-refractivity contribution is -0.152. The fourth-order valence-electron chi connectivity index (χ4n) is 1.83. The number of piperidine rings is 1. The van der Waals surface area contributed by atoms with Gasteiger partial charge in [0.1, 0.15) is 0 Å². The zero-order valence-electron chi connectivity index (χ0n) is 10.6. The second-order valence-electron chi connectivity index (χ2n) is 4.83. The summed E-state index contributed by atoms with van der Waals surface area (Å²) in [5.74, 6) is 0.132. The van der Waals surface area contributed by atoms with E-state index in [1.54, 1.807) is 4.90 Å². The first kappa shape index (κ1) is 13.7. The third-order valence-corrected chi connectivity index (χ3v) is 2.87. The highest BCUT2D eigenvalue weighted by atomic mass is 16.5. The van der Waals surface area contributed by atoms with E-state index in [0.717, 1.165) is 0 Å². The van der Waals surface area contributed by atoms with Crippen molar-refractivity contribution in [2.45, 2.75) is 26.7 Å². The molecule has 1 heterocycles. The largest absolute Gasteiger partial charge is 0.465 e. The number of rotatable bonds is 4. The number of ether oxygens (including phenoxy) is 1. The third kappa shape index (κ3) is 4.21. The molecule has 0 saturated carbocycles. The summed E-state index contributed by atoms with van der Waals surface area (Å²) in [5.41, 5.74) is 0. The van der Waals surface area contributed by atoms with Crippen molar-refractivity contribution < 1.29 is 14.3 Å². The van der Waals surface area contributed by atoms with Gasteiger partial charge in [0, 0.05) is 13.1 Å². The lowest BCUT2D eigenvalue weighted by atomic mass is 9.97. The van der Waals surface area contributed by atoms with Gasteiger partial charge in [0.25, 0.3) is 0 Å². The highest BCUT2D eigenvalue weighted by Crippen LogP contribution is 2.19. The number of hydrogen-bond donors (Lipinski definition) is 0. The summed E-state index contributed by atoms with van der Waals surface area (Å²) < 4.78 is 5.20. The molecule has 4 heteroatoms. The lowest BCUT2D eigenvalue weighted by Gasteiger charge is -2.30. The van der Waals surface area contributed by atoms with Crippen molar-refractivity contribution in [3.05, 3.63) is 12.7 Å². The van der Waals surface area contributed by atoms with Gasteiger partial charge >= 0.3 is 5.97 Å². The SMILES string of the molecule is C=CC(=O)N1CCC(C(=O)OCC(C)C)CC1. The third-order valence-electron chi connectivity index (χ3n) is 2.87. The molecule has 0 atom stereocenters. The molecule has 0 bridgehead atoms. The van der Waals surface area contributed by atoms with Gasteiger partial charge in [-0.3, -0.25) is 9.59 Å². The standard InChI is InChI=1S/C13H21NO3/c1-4-12(15)14-7-5-11(6-8-14)13(16)17-9-10(2)3/h4,10-11H,1,5-9H2,2-3H3. The monoisotopic (exact) mass is 239 g/mol. The predicted molar refractivity (Wildman–Crippen MR) is 65.3 cm³/mol. The van der Waals surface area contributed by atoms with Crippen LogP contribution in [0.3, 0.4) is 0 Å². The maximum Gasteiger partial charge on any atom is 0.309 e. The number of amides is 1. The van der Waals surface area contributed by atoms with Crippen LogP contribution in [0.1, 0.15) is 26.7 Å². The van der Waals surface area contributed by atoms with E-state index in [4.69, 9.17) is 4.74 Å². The molecule has 0 aromatic rings. The van der Waals surface area contributed by atoms with Crippen LogP contribution >= 0.6 is 0 Å². The van der Waals surface area contributed by atoms with Crippen LogP contribution in [0.4, 0.5) is 0 Å². The number of carbonyl (C=O) groups is 2. The zero-order chi connectivity index (χ0) is 12.8. The van der Waals surface area contributed by atoms with E-state index in [0.29, 0.717) is 38.5 Å². The van der Waals surface area contributed by atoms with Crippen molar-refractivity contribution in [3.8, 4) is 0 Å². The van der Waals surface area contributed by atoms with Crippen LogP contribution in [-0.4, -0.2) is 36.5 Å². The number of esters is 1. The molecular weight excluding hydrogens is 218 g/mol. The summed E-state index contributed by atoms with van der Waals surface area (Å²) >= 11 is 0. The molecule has 0 aliphatic carbocycles. The first-order chi connectivity index (χ1) is 8.04. The fourth-order valence-corrected chi connectivity index (χ4v) is 1.83. The van der Waals surface area contributed by atoms with Crippen LogP contribution in [0.5, 0.6) is 0 Å². The quantitative estimate of drug-likeness (QED) is 0.553. The summed E-state index contributed by atoms with van der Waals surface area (Å²) in [7, 11) is 0. The molecule has 4 nitrogen and oxygen atoms in total. The van der Waals surface area contributed by atoms with Crippen molar-refractivity contribution in [1.29, 1.82) is 0 Å². The first-order valence-corrected chi connectivity index (χ1v) is 6.12. The molecule has 1 saturated heterocycles. The number of carbonyl (C=O) groups excluding carboxylic acids is 2. The maximum atomic E-state index is 11.7. The van der Waals surface area contributed by atoms with Gasteiger partial charge in [-0.1, -0.05) is 20.4 Å². The highest BCUT2D eigenvalue weighted by molar-refractivity contribution is 5.87. The molecule has 17 heavy (non-hydrogen) atoms. The average Bonchev–Trinajstić information content (AvgIpc) is 2.35. The van der Waals surface area contributed by atoms with Gasteiger partial charge < -0.3 is 9.64 Å². The maximum absolute atomic E-state index is 11.7. The van der Waals surface area contributed by atoms with Gasteiger partial charge in [-0.15, -0.1) is 0 Å². The Balaban J connectivity index is 2.33. The predicted octanol–water partition coefficient (Wildman–Crippen LogP) is 1.61. The summed E-state index contributed by atoms with van der Waals surface area (Å²) in [4.78, 5) is 24.8. The molecule has 1 fully saturated rings. The zero-order valence-corrected chi connectivity index (χ0v) is 10.6. The topological polar surface area (TPSA) is 46.6 Å². The van der Waals surface area contributed by atoms with Crippen LogP contribution in [0.15, 0.2) is 12.7 Å². The van der Waals surface area contributed by atoms with Gasteiger partial charge in [-0.05, 0) is 24.8 Å². The van der Waals surface area contributed by atoms with Crippen molar-refractivity contribution >= 4 is 11.9 Å². The molecule has 0 aromatic heterocycles. The van der Waals surface area contributed by atoms with E-state index < -0.39 is 0 Å². The Morgan fingerprint density at radius 2 is 2.00 bits per heavy atom. The summed E-state index contributed by atoms with van der Waals surface area (Å²) in [6.07, 6.45) is 2.70. The number of hydrogen-bond acceptors (Lipinski definition) is 3. The van der Waals surface area contributed by atoms with Crippen molar-refractivity contribution in [2.75, 3.05) is 19.7 Å². The normalized spacial score (nSPS) is 17.0. The molecule has 1 amide bonds. The summed E-state index contributed by atoms with van der Waals surface area (Å²) in [6.45, 7) is 9.19. The molecule has 0 radical (unpaired) electrons. The molecule has 0 aromatic carbocycles. The molecule has 0 N–H and O–H groups in total. The van der Waals surface area contributed by atoms with Crippen LogP contribution in [0.25, 0.3) is 0 Å². The van der Waals surface area contributed by atoms with Crippen molar-refractivity contribution in [1.82, 2.24) is 4.90 Å². The molecule has 0 unspecified atom stereocenters. The summed E-state index contributed by atoms with van der Waals surface area (Å²) in [5, 5.41) is 0. The van der Waals surface area contributed by atoms with Crippen LogP contribution in [0, 0.1) is 11.8 Å². The van der Waals surface area contributed by atoms with E-state index >= 15 is 0 Å². The van der Waals surface area contributed by atoms with Crippen molar-refractivity contribution in [2.24, 2.45) is 11.8 Å². The Bertz CT molecular complexity index is 291. The Hall–Kier alpha value is -1.32. The van der Waals surface area contributed by atoms with Crippen LogP contribution in [0.2, 0.25) is 0 Å². The smallest absolute Gasteiger partial charge is 0.309 e. The fraction of sp³-hybridized carbons (Fsp3) is 0.692. The first-order valence-electron chi connectivity index (χ1n) is 6.12. The van der Waals surface area contributed by atoms with E-state index in [1.807, 2.05) is 13.8 Å². The molecule has 96 valence electrons. The Morgan fingerprint density at radius 3 is 2.47 bits per heavy atom. The van der Waals surface area contributed by atoms with Gasteiger partial charge in [-0.25, -0.2) is 0 Å². The Labute approximate surface area is 103 Å². The molecule has 1 aliphatic rings. The highest BCUT2D eigenvalue weighted by Gasteiger charge is 2.27. The molecule has 1 rings (SSSR count). The van der Waals surface area contributed by atoms with Gasteiger partial charge in [0.2, 0.25) is 5.91 Å². The minimum absolute atomic E-state index is 0.0531. The average molecular weight is 239 g/mol. The number of nitrogens with zero attached hydrogens (tertiary/aromatic N) is 1. The van der Waals surface area contributed by atoms with E-state index in [2.05, 4.69) is 6.58 Å². The Morgan fingerprint density at radius 1 is 1.41 bits per heavy atom. The Kier molecular flexibility index (Phi) is 5.19. The minimum Gasteiger partial charge on any atom is -0.465 e. The van der Waals surface area contributed by atoms with Gasteiger partial charge in [-0.2, -0.15) is 0 Å². The molecular formula is C13H21NO3. The van der Waals surface area contributed by atoms with Crippen molar-refractivity contribution in [3.63, 3.8) is 0 Å². The van der Waals surface area contributed by atoms with Gasteiger partial charge in [0.05, 0.1) is 12.5 Å². The molecule has 1 aliphatic heterocycles. The second kappa shape index (κ2) is 6.42. The second-order valence-corrected chi connectivity index (χ2v) is 4.83. The molecule has 0 spiro atoms. The van der Waals surface area contributed by atoms with E-state index in [-0.39, 0.29) is 17.8 Å². The van der Waals surface area contributed by atoms with Gasteiger partial charge in [0.15, 0.2) is 0 Å². The minimum atomic E-state index is -0.121. The number of likely N-dealkylation sites (tertiary alicyclic amines) is 1. The summed E-state index contributed by atoms with van der Waals surface area (Å²) in [6, 6.07) is 0. The van der Waals surface area contributed by atoms with Crippen LogP contribution in [-0.2, 0) is 14.3 Å². The van der Waals surface area contributed by atoms with E-state index in [9.17, 15) is 9.59 Å². The lowest BCUT2D eigenvalue weighted by Crippen LogP contribution is -2.39. The van der Waals surface area contributed by atoms with E-state index in [1.165, 1.54) is 6.08 Å².